The molecule has 0 rings (SSSR count). The second-order valence-corrected chi connectivity index (χ2v) is 2.68. The Morgan fingerprint density at radius 1 is 2.00 bits per heavy atom. The number of carbonyl (C=O) groups is 1. The molecule has 0 amide bonds. The van der Waals surface area contributed by atoms with Crippen LogP contribution in [0.15, 0.2) is 0 Å². The van der Waals surface area contributed by atoms with Crippen molar-refractivity contribution < 1.29 is 9.32 Å². The standard InChI is InChI=1S/C8H13O2P/c1-3-4-8(10-11)7(2)5-6-9/h1,6-8H,4-5,11H2,2H3/t7-,8+/m0/s1/i11T/t7-,8+,11?. The Hall–Kier alpha value is -0.380. The van der Waals surface area contributed by atoms with E-state index in [1.807, 2.05) is 6.92 Å². The van der Waals surface area contributed by atoms with Gasteiger partial charge in [-0.3, -0.25) is 0 Å². The van der Waals surface area contributed by atoms with Gasteiger partial charge in [-0.2, -0.15) is 0 Å². The van der Waals surface area contributed by atoms with Gasteiger partial charge in [-0.05, 0) is 5.92 Å². The summed E-state index contributed by atoms with van der Waals surface area (Å²) in [5.41, 5.74) is 0. The predicted molar refractivity (Wildman–Crippen MR) is 47.9 cm³/mol. The van der Waals surface area contributed by atoms with Crippen LogP contribution in [0.25, 0.3) is 0 Å². The highest BCUT2D eigenvalue weighted by Crippen LogP contribution is 2.15. The normalized spacial score (nSPS) is 17.3. The van der Waals surface area contributed by atoms with Crippen molar-refractivity contribution in [2.75, 3.05) is 0 Å². The van der Waals surface area contributed by atoms with E-state index in [0.717, 1.165) is 6.29 Å². The van der Waals surface area contributed by atoms with Crippen molar-refractivity contribution in [3.8, 4) is 12.3 Å². The van der Waals surface area contributed by atoms with Gasteiger partial charge in [0.05, 0.1) is 7.38 Å². The summed E-state index contributed by atoms with van der Waals surface area (Å²) in [4.78, 5) is 10.2. The van der Waals surface area contributed by atoms with Crippen molar-refractivity contribution in [3.05, 3.63) is 0 Å². The van der Waals surface area contributed by atoms with Gasteiger partial charge in [0.15, 0.2) is 0 Å². The molecule has 0 saturated carbocycles. The number of rotatable bonds is 6. The molecule has 0 aromatic rings. The zero-order chi connectivity index (χ0) is 9.40. The molecule has 62 valence electrons. The number of terminal acetylenes is 1. The van der Waals surface area contributed by atoms with Gasteiger partial charge in [0.2, 0.25) is 0 Å². The Bertz CT molecular complexity index is 167. The van der Waals surface area contributed by atoms with E-state index < -0.39 is 0 Å². The first-order valence-corrected chi connectivity index (χ1v) is 3.86. The maximum absolute atomic E-state index is 10.2. The van der Waals surface area contributed by atoms with Crippen molar-refractivity contribution >= 4 is 15.7 Å². The molecule has 0 aliphatic rings. The van der Waals surface area contributed by atoms with Gasteiger partial charge in [0, 0.05) is 22.3 Å². The van der Waals surface area contributed by atoms with E-state index in [0.29, 0.717) is 12.8 Å². The van der Waals surface area contributed by atoms with E-state index >= 15 is 0 Å². The fourth-order valence-corrected chi connectivity index (χ4v) is 1.09. The van der Waals surface area contributed by atoms with Gasteiger partial charge in [-0.25, -0.2) is 0 Å². The van der Waals surface area contributed by atoms with Gasteiger partial charge < -0.3 is 9.32 Å². The van der Waals surface area contributed by atoms with Gasteiger partial charge in [0.25, 0.3) is 0 Å². The van der Waals surface area contributed by atoms with E-state index in [2.05, 4.69) is 5.92 Å². The summed E-state index contributed by atoms with van der Waals surface area (Å²) in [7, 11) is -0.316. The summed E-state index contributed by atoms with van der Waals surface area (Å²) in [5, 5.41) is 0. The lowest BCUT2D eigenvalue weighted by Crippen LogP contribution is -2.17. The SMILES string of the molecule is [3H]PO[C@H](CC#C)[C@@H](C)CC=O. The van der Waals surface area contributed by atoms with Crippen LogP contribution in [0.1, 0.15) is 19.8 Å². The van der Waals surface area contributed by atoms with Gasteiger partial charge in [-0.1, -0.05) is 6.92 Å². The highest BCUT2D eigenvalue weighted by molar-refractivity contribution is 7.09. The highest BCUT2D eigenvalue weighted by Gasteiger charge is 2.14. The lowest BCUT2D eigenvalue weighted by molar-refractivity contribution is -0.109. The molecular weight excluding hydrogens is 159 g/mol. The largest absolute Gasteiger partial charge is 0.361 e. The van der Waals surface area contributed by atoms with Crippen LogP contribution < -0.4 is 0 Å². The lowest BCUT2D eigenvalue weighted by atomic mass is 10.00. The highest BCUT2D eigenvalue weighted by atomic mass is 31.0. The summed E-state index contributed by atoms with van der Waals surface area (Å²) in [6.45, 7) is 1.90. The van der Waals surface area contributed by atoms with Crippen molar-refractivity contribution in [2.45, 2.75) is 25.9 Å². The third kappa shape index (κ3) is 4.14. The fourth-order valence-electron chi connectivity index (χ4n) is 0.779. The van der Waals surface area contributed by atoms with Crippen molar-refractivity contribution in [3.63, 3.8) is 0 Å². The molecule has 3 heteroatoms. The van der Waals surface area contributed by atoms with E-state index in [-0.39, 0.29) is 21.4 Å². The maximum atomic E-state index is 10.2. The Kier molecular flexibility index (Phi) is 5.02. The second kappa shape index (κ2) is 6.34. The van der Waals surface area contributed by atoms with E-state index in [1.54, 1.807) is 0 Å². The average molecular weight is 174 g/mol. The molecule has 2 nitrogen and oxygen atoms in total. The summed E-state index contributed by atoms with van der Waals surface area (Å²) in [6, 6.07) is 0. The van der Waals surface area contributed by atoms with Crippen LogP contribution in [0.4, 0.5) is 0 Å². The molecule has 1 unspecified atom stereocenters. The summed E-state index contributed by atoms with van der Waals surface area (Å²) in [6.07, 6.45) is 6.74. The van der Waals surface area contributed by atoms with Crippen LogP contribution >= 0.6 is 9.41 Å². The third-order valence-corrected chi connectivity index (χ3v) is 1.88. The molecular formula is C8H13O2P. The zero-order valence-corrected chi connectivity index (χ0v) is 7.54. The van der Waals surface area contributed by atoms with Crippen molar-refractivity contribution in [2.24, 2.45) is 5.92 Å². The Morgan fingerprint density at radius 3 is 3.18 bits per heavy atom. The molecule has 0 aliphatic heterocycles. The minimum atomic E-state index is -0.316. The Balaban J connectivity index is 3.90. The number of hydrogen-bond acceptors (Lipinski definition) is 2. The molecule has 11 heavy (non-hydrogen) atoms. The van der Waals surface area contributed by atoms with Gasteiger partial charge in [-0.15, -0.1) is 12.3 Å². The molecule has 0 N–H and O–H groups in total. The zero-order valence-electron chi connectivity index (χ0n) is 7.54. The topological polar surface area (TPSA) is 26.3 Å². The van der Waals surface area contributed by atoms with Crippen LogP contribution in [0, 0.1) is 18.3 Å². The molecule has 0 radical (unpaired) electrons. The summed E-state index contributed by atoms with van der Waals surface area (Å²) >= 11 is 0. The molecule has 0 aromatic heterocycles. The van der Waals surface area contributed by atoms with Crippen LogP contribution in [0.5, 0.6) is 0 Å². The minimum absolute atomic E-state index is 0.108. The summed E-state index contributed by atoms with van der Waals surface area (Å²) < 4.78 is 12.0. The molecule has 0 heterocycles. The number of carbonyl (C=O) groups excluding carboxylic acids is 1. The molecule has 3 atom stereocenters. The van der Waals surface area contributed by atoms with Crippen LogP contribution in [-0.2, 0) is 9.32 Å². The molecule has 0 spiro atoms. The molecule has 0 fully saturated rings. The molecule has 0 saturated heterocycles. The third-order valence-electron chi connectivity index (χ3n) is 1.57. The number of aldehydes is 1. The quantitative estimate of drug-likeness (QED) is 0.345. The van der Waals surface area contributed by atoms with Crippen molar-refractivity contribution in [1.82, 2.24) is 0 Å². The maximum Gasteiger partial charge on any atom is 0.120 e. The fraction of sp³-hybridized carbons (Fsp3) is 0.625. The van der Waals surface area contributed by atoms with Crippen LogP contribution in [0.3, 0.4) is 0 Å². The summed E-state index contributed by atoms with van der Waals surface area (Å²) in [5.74, 6) is 2.58. The van der Waals surface area contributed by atoms with Gasteiger partial charge >= 0.3 is 0 Å². The van der Waals surface area contributed by atoms with Crippen LogP contribution in [0.2, 0.25) is 0 Å². The Labute approximate surface area is 71.3 Å². The van der Waals surface area contributed by atoms with E-state index in [9.17, 15) is 4.79 Å². The second-order valence-electron chi connectivity index (χ2n) is 2.44. The monoisotopic (exact) mass is 174 g/mol. The molecule has 0 aliphatic carbocycles. The van der Waals surface area contributed by atoms with Crippen LogP contribution in [-0.4, -0.2) is 13.7 Å². The lowest BCUT2D eigenvalue weighted by Gasteiger charge is -2.17. The van der Waals surface area contributed by atoms with Crippen molar-refractivity contribution in [1.29, 1.82) is 1.28 Å². The van der Waals surface area contributed by atoms with Gasteiger partial charge in [0.1, 0.15) is 6.29 Å². The molecule has 0 aromatic carbocycles. The van der Waals surface area contributed by atoms with E-state index in [4.69, 9.17) is 12.2 Å². The first-order chi connectivity index (χ1) is 5.76. The minimum Gasteiger partial charge on any atom is -0.361 e. The number of hydrogen-bond donors (Lipinski definition) is 0. The molecule has 0 bridgehead atoms. The first-order valence-electron chi connectivity index (χ1n) is 3.95. The first kappa shape index (κ1) is 8.71. The average Bonchev–Trinajstić information content (AvgIpc) is 2.04. The Morgan fingerprint density at radius 2 is 2.73 bits per heavy atom. The van der Waals surface area contributed by atoms with E-state index in [1.165, 1.54) is 0 Å². The predicted octanol–water partition coefficient (Wildman–Crippen LogP) is 1.41. The smallest absolute Gasteiger partial charge is 0.120 e.